The highest BCUT2D eigenvalue weighted by molar-refractivity contribution is 7.15. The van der Waals surface area contributed by atoms with E-state index >= 15 is 0 Å². The Bertz CT molecular complexity index is 569. The van der Waals surface area contributed by atoms with Crippen molar-refractivity contribution in [2.75, 3.05) is 13.1 Å². The first-order valence-electron chi connectivity index (χ1n) is 6.84. The Morgan fingerprint density at radius 2 is 2.25 bits per heavy atom. The van der Waals surface area contributed by atoms with Crippen molar-refractivity contribution in [2.24, 2.45) is 5.92 Å². The number of halogens is 1. The molecule has 106 valence electrons. The molecule has 2 atom stereocenters. The van der Waals surface area contributed by atoms with Crippen molar-refractivity contribution in [2.45, 2.75) is 31.8 Å². The van der Waals surface area contributed by atoms with Crippen LogP contribution in [0.3, 0.4) is 0 Å². The van der Waals surface area contributed by atoms with Gasteiger partial charge in [-0.2, -0.15) is 5.26 Å². The molecule has 4 rings (SSSR count). The summed E-state index contributed by atoms with van der Waals surface area (Å²) in [5, 5.41) is 12.4. The van der Waals surface area contributed by atoms with Gasteiger partial charge in [0.2, 0.25) is 0 Å². The molecule has 20 heavy (non-hydrogen) atoms. The van der Waals surface area contributed by atoms with E-state index in [1.807, 2.05) is 6.07 Å². The Balaban J connectivity index is 1.74. The number of fused-ring (bicyclic) bond motifs is 3. The number of carbonyl (C=O) groups excluding carboxylic acids is 1. The number of nitrogens with one attached hydrogen (secondary N) is 1. The van der Waals surface area contributed by atoms with E-state index in [0.29, 0.717) is 26.7 Å². The normalized spacial score (nSPS) is 31.9. The molecule has 0 aliphatic carbocycles. The zero-order chi connectivity index (χ0) is 14.3. The molecule has 2 unspecified atom stereocenters. The number of nitrogens with zero attached hydrogens (tertiary/aromatic N) is 2. The number of hydrogen-bond donors (Lipinski definition) is 1. The topological polar surface area (TPSA) is 56.1 Å². The van der Waals surface area contributed by atoms with Crippen LogP contribution < -0.4 is 5.32 Å². The van der Waals surface area contributed by atoms with Gasteiger partial charge in [0, 0.05) is 12.1 Å². The molecular weight excluding hydrogens is 294 g/mol. The van der Waals surface area contributed by atoms with Gasteiger partial charge in [-0.25, -0.2) is 0 Å². The number of nitriles is 1. The largest absolute Gasteiger partial charge is 0.347 e. The highest BCUT2D eigenvalue weighted by Gasteiger charge is 2.40. The molecule has 6 heteroatoms. The van der Waals surface area contributed by atoms with E-state index in [1.165, 1.54) is 0 Å². The molecule has 1 amide bonds. The van der Waals surface area contributed by atoms with Gasteiger partial charge in [-0.1, -0.05) is 11.6 Å². The first kappa shape index (κ1) is 13.9. The van der Waals surface area contributed by atoms with E-state index in [-0.39, 0.29) is 11.9 Å². The first-order valence-corrected chi connectivity index (χ1v) is 8.04. The molecular formula is C14H16ClN3OS. The summed E-state index contributed by atoms with van der Waals surface area (Å²) in [5.41, 5.74) is 0. The lowest BCUT2D eigenvalue weighted by atomic mass is 9.79. The van der Waals surface area contributed by atoms with Gasteiger partial charge >= 0.3 is 0 Å². The Hall–Kier alpha value is -1.09. The molecule has 3 fully saturated rings. The van der Waals surface area contributed by atoms with Crippen LogP contribution in [-0.2, 0) is 0 Å². The molecule has 3 aliphatic rings. The van der Waals surface area contributed by atoms with Crippen LogP contribution in [-0.4, -0.2) is 36.0 Å². The quantitative estimate of drug-likeness (QED) is 0.913. The van der Waals surface area contributed by atoms with Crippen molar-refractivity contribution in [3.05, 3.63) is 20.8 Å². The maximum atomic E-state index is 12.3. The summed E-state index contributed by atoms with van der Waals surface area (Å²) in [6.45, 7) is 4.46. The van der Waals surface area contributed by atoms with Gasteiger partial charge in [0.1, 0.15) is 10.9 Å². The van der Waals surface area contributed by atoms with E-state index < -0.39 is 0 Å². The van der Waals surface area contributed by atoms with Crippen molar-refractivity contribution in [1.29, 1.82) is 5.26 Å². The summed E-state index contributed by atoms with van der Waals surface area (Å²) in [7, 11) is 0. The molecule has 1 aromatic heterocycles. The van der Waals surface area contributed by atoms with E-state index in [0.717, 1.165) is 37.3 Å². The highest BCUT2D eigenvalue weighted by atomic mass is 35.5. The van der Waals surface area contributed by atoms with E-state index in [1.54, 1.807) is 6.07 Å². The summed E-state index contributed by atoms with van der Waals surface area (Å²) < 4.78 is 0. The van der Waals surface area contributed by atoms with E-state index in [4.69, 9.17) is 16.9 Å². The maximum absolute atomic E-state index is 12.3. The first-order chi connectivity index (χ1) is 9.60. The number of piperidine rings is 3. The Kier molecular flexibility index (Phi) is 3.72. The van der Waals surface area contributed by atoms with Gasteiger partial charge in [-0.3, -0.25) is 9.69 Å². The standard InChI is InChI=1S/C14H16ClN3OS/c1-8-13(9-2-4-18(8)5-3-9)17-14(19)11-6-10(15)12(7-16)20-11/h6,8-9,13H,2-5H2,1H3,(H,17,19). The monoisotopic (exact) mass is 309 g/mol. The average molecular weight is 310 g/mol. The number of carbonyl (C=O) groups is 1. The highest BCUT2D eigenvalue weighted by Crippen LogP contribution is 2.33. The molecule has 0 saturated carbocycles. The summed E-state index contributed by atoms with van der Waals surface area (Å²) in [6.07, 6.45) is 2.31. The number of thiophene rings is 1. The Morgan fingerprint density at radius 1 is 1.55 bits per heavy atom. The molecule has 0 radical (unpaired) electrons. The SMILES string of the molecule is CC1C(NC(=O)c2cc(Cl)c(C#N)s2)C2CCN1CC2. The Labute approximate surface area is 127 Å². The third-order valence-electron chi connectivity index (χ3n) is 4.49. The second-order valence-electron chi connectivity index (χ2n) is 5.51. The van der Waals surface area contributed by atoms with Crippen molar-refractivity contribution in [1.82, 2.24) is 10.2 Å². The second kappa shape index (κ2) is 5.36. The van der Waals surface area contributed by atoms with Gasteiger partial charge in [0.15, 0.2) is 0 Å². The van der Waals surface area contributed by atoms with Crippen LogP contribution in [0.25, 0.3) is 0 Å². The summed E-state index contributed by atoms with van der Waals surface area (Å²) in [5.74, 6) is 0.467. The van der Waals surface area contributed by atoms with E-state index in [2.05, 4.69) is 17.1 Å². The molecule has 3 aliphatic heterocycles. The van der Waals surface area contributed by atoms with Crippen molar-refractivity contribution in [3.63, 3.8) is 0 Å². The van der Waals surface area contributed by atoms with Gasteiger partial charge in [0.25, 0.3) is 5.91 Å². The van der Waals surface area contributed by atoms with Crippen LogP contribution in [0.1, 0.15) is 34.3 Å². The number of amides is 1. The fourth-order valence-electron chi connectivity index (χ4n) is 3.32. The fraction of sp³-hybridized carbons (Fsp3) is 0.571. The minimum absolute atomic E-state index is 0.107. The van der Waals surface area contributed by atoms with Crippen molar-refractivity contribution >= 4 is 28.8 Å². The lowest BCUT2D eigenvalue weighted by Crippen LogP contribution is -2.62. The van der Waals surface area contributed by atoms with Crippen LogP contribution in [0.15, 0.2) is 6.07 Å². The van der Waals surface area contributed by atoms with Gasteiger partial charge in [0.05, 0.1) is 9.90 Å². The molecule has 1 aromatic rings. The zero-order valence-corrected chi connectivity index (χ0v) is 12.8. The molecule has 0 spiro atoms. The smallest absolute Gasteiger partial charge is 0.261 e. The van der Waals surface area contributed by atoms with Gasteiger partial charge < -0.3 is 5.32 Å². The zero-order valence-electron chi connectivity index (χ0n) is 11.2. The van der Waals surface area contributed by atoms with Crippen molar-refractivity contribution < 1.29 is 4.79 Å². The van der Waals surface area contributed by atoms with E-state index in [9.17, 15) is 4.79 Å². The lowest BCUT2D eigenvalue weighted by Gasteiger charge is -2.49. The van der Waals surface area contributed by atoms with Gasteiger partial charge in [-0.05, 0) is 44.8 Å². The minimum atomic E-state index is -0.107. The molecule has 1 N–H and O–H groups in total. The van der Waals surface area contributed by atoms with Crippen LogP contribution in [0.2, 0.25) is 5.02 Å². The van der Waals surface area contributed by atoms with Gasteiger partial charge in [-0.15, -0.1) is 11.3 Å². The maximum Gasteiger partial charge on any atom is 0.261 e. The van der Waals surface area contributed by atoms with Crippen LogP contribution in [0, 0.1) is 17.2 Å². The van der Waals surface area contributed by atoms with Crippen LogP contribution >= 0.6 is 22.9 Å². The third kappa shape index (κ3) is 2.32. The molecule has 4 heterocycles. The van der Waals surface area contributed by atoms with Crippen LogP contribution in [0.4, 0.5) is 0 Å². The summed E-state index contributed by atoms with van der Waals surface area (Å²) in [4.78, 5) is 15.7. The fourth-order valence-corrected chi connectivity index (χ4v) is 4.41. The predicted molar refractivity (Wildman–Crippen MR) is 79.1 cm³/mol. The summed E-state index contributed by atoms with van der Waals surface area (Å²) in [6, 6.07) is 4.19. The molecule has 2 bridgehead atoms. The van der Waals surface area contributed by atoms with Crippen molar-refractivity contribution in [3.8, 4) is 6.07 Å². The molecule has 0 aromatic carbocycles. The number of rotatable bonds is 2. The second-order valence-corrected chi connectivity index (χ2v) is 6.97. The average Bonchev–Trinajstić information content (AvgIpc) is 2.84. The lowest BCUT2D eigenvalue weighted by molar-refractivity contribution is 0.0218. The van der Waals surface area contributed by atoms with Crippen LogP contribution in [0.5, 0.6) is 0 Å². The molecule has 4 nitrogen and oxygen atoms in total. The number of hydrogen-bond acceptors (Lipinski definition) is 4. The Morgan fingerprint density at radius 3 is 2.80 bits per heavy atom. The minimum Gasteiger partial charge on any atom is -0.347 e. The molecule has 3 saturated heterocycles. The predicted octanol–water partition coefficient (Wildman–Crippen LogP) is 2.49. The third-order valence-corrected chi connectivity index (χ3v) is 5.94. The summed E-state index contributed by atoms with van der Waals surface area (Å²) >= 11 is 7.08.